The number of imidazole rings is 1. The molecule has 9 nitrogen and oxygen atoms in total. The van der Waals surface area contributed by atoms with Crippen molar-refractivity contribution in [2.24, 2.45) is 5.92 Å². The third-order valence-electron chi connectivity index (χ3n) is 6.59. The zero-order valence-electron chi connectivity index (χ0n) is 20.1. The summed E-state index contributed by atoms with van der Waals surface area (Å²) in [6.45, 7) is 3.27. The predicted octanol–water partition coefficient (Wildman–Crippen LogP) is 3.07. The molecule has 190 valence electrons. The number of hydrogen-bond donors (Lipinski definition) is 1. The zero-order chi connectivity index (χ0) is 25.1. The van der Waals surface area contributed by atoms with E-state index in [-0.39, 0.29) is 23.5 Å². The molecule has 1 aromatic carbocycles. The van der Waals surface area contributed by atoms with Crippen LogP contribution in [0.15, 0.2) is 43.0 Å². The summed E-state index contributed by atoms with van der Waals surface area (Å²) >= 11 is 6.36. The number of nitrogens with one attached hydrogen (secondary N) is 1. The predicted molar refractivity (Wildman–Crippen MR) is 134 cm³/mol. The quantitative estimate of drug-likeness (QED) is 0.440. The maximum atomic E-state index is 14.2. The first-order chi connectivity index (χ1) is 17.5. The zero-order valence-corrected chi connectivity index (χ0v) is 20.9. The van der Waals surface area contributed by atoms with Crippen molar-refractivity contribution in [3.63, 3.8) is 0 Å². The van der Waals surface area contributed by atoms with E-state index in [2.05, 4.69) is 25.1 Å². The third-order valence-corrected chi connectivity index (χ3v) is 6.79. The number of carbonyl (C=O) groups is 1. The van der Waals surface area contributed by atoms with Crippen LogP contribution in [0, 0.1) is 11.7 Å². The fourth-order valence-electron chi connectivity index (χ4n) is 4.51. The molecule has 1 aliphatic heterocycles. The number of halogens is 2. The van der Waals surface area contributed by atoms with Gasteiger partial charge in [-0.25, -0.2) is 14.4 Å². The number of carbonyl (C=O) groups excluding carboxylic acids is 1. The molecule has 0 radical (unpaired) electrons. The lowest BCUT2D eigenvalue weighted by Crippen LogP contribution is -2.54. The van der Waals surface area contributed by atoms with Crippen LogP contribution in [0.2, 0.25) is 5.15 Å². The first kappa shape index (κ1) is 24.5. The number of aromatic nitrogens is 4. The van der Waals surface area contributed by atoms with E-state index < -0.39 is 0 Å². The Morgan fingerprint density at radius 3 is 2.83 bits per heavy atom. The Bertz CT molecular complexity index is 1210. The topological polar surface area (TPSA) is 88.4 Å². The Kier molecular flexibility index (Phi) is 7.33. The van der Waals surface area contributed by atoms with Crippen LogP contribution in [0.25, 0.3) is 5.95 Å². The van der Waals surface area contributed by atoms with E-state index in [9.17, 15) is 9.18 Å². The van der Waals surface area contributed by atoms with Gasteiger partial charge in [0.25, 0.3) is 0 Å². The van der Waals surface area contributed by atoms with Gasteiger partial charge in [0.2, 0.25) is 11.9 Å². The number of piperazine rings is 1. The van der Waals surface area contributed by atoms with Gasteiger partial charge in [-0.2, -0.15) is 4.98 Å². The van der Waals surface area contributed by atoms with Crippen LogP contribution in [0.5, 0.6) is 5.75 Å². The Morgan fingerprint density at radius 2 is 2.11 bits per heavy atom. The summed E-state index contributed by atoms with van der Waals surface area (Å²) < 4.78 is 21.0. The molecule has 2 aromatic heterocycles. The molecule has 1 saturated heterocycles. The van der Waals surface area contributed by atoms with Crippen LogP contribution in [-0.2, 0) is 11.3 Å². The number of benzene rings is 1. The summed E-state index contributed by atoms with van der Waals surface area (Å²) in [6, 6.07) is 6.61. The minimum absolute atomic E-state index is 0.0178. The second kappa shape index (κ2) is 10.8. The normalized spacial score (nSPS) is 18.3. The van der Waals surface area contributed by atoms with Gasteiger partial charge in [-0.15, -0.1) is 0 Å². The summed E-state index contributed by atoms with van der Waals surface area (Å²) in [5.74, 6) is 1.55. The van der Waals surface area contributed by atoms with Crippen molar-refractivity contribution in [3.05, 3.63) is 59.5 Å². The fourth-order valence-corrected chi connectivity index (χ4v) is 4.68. The van der Waals surface area contributed by atoms with Crippen LogP contribution in [0.1, 0.15) is 24.8 Å². The number of amides is 1. The molecule has 0 bridgehead atoms. The number of nitrogens with zero attached hydrogens (tertiary/aromatic N) is 6. The molecular weight excluding hydrogens is 485 g/mol. The molecule has 11 heteroatoms. The van der Waals surface area contributed by atoms with Gasteiger partial charge >= 0.3 is 0 Å². The summed E-state index contributed by atoms with van der Waals surface area (Å²) in [6.07, 6.45) is 7.70. The van der Waals surface area contributed by atoms with Crippen LogP contribution in [0.4, 0.5) is 10.2 Å². The second-order valence-corrected chi connectivity index (χ2v) is 9.71. The van der Waals surface area contributed by atoms with E-state index in [1.807, 2.05) is 6.07 Å². The van der Waals surface area contributed by atoms with Crippen LogP contribution in [-0.4, -0.2) is 69.7 Å². The highest BCUT2D eigenvalue weighted by Gasteiger charge is 2.31. The number of anilines is 1. The Hall–Kier alpha value is -3.24. The van der Waals surface area contributed by atoms with Crippen LogP contribution in [0.3, 0.4) is 0 Å². The minimum atomic E-state index is -0.382. The Labute approximate surface area is 214 Å². The molecule has 5 rings (SSSR count). The molecule has 1 aliphatic carbocycles. The van der Waals surface area contributed by atoms with Crippen molar-refractivity contribution >= 4 is 23.3 Å². The molecule has 1 amide bonds. The minimum Gasteiger partial charge on any atom is -0.494 e. The SMILES string of the molecule is COc1ccc(CN2CCN(c3cc(Cl)nc(-n4ccnc4)n3)C(CC(=O)NCC3CC3)C2)cc1F. The molecule has 1 atom stereocenters. The molecule has 1 N–H and O–H groups in total. The van der Waals surface area contributed by atoms with Crippen LogP contribution >= 0.6 is 11.6 Å². The lowest BCUT2D eigenvalue weighted by Gasteiger charge is -2.42. The maximum Gasteiger partial charge on any atom is 0.238 e. The summed E-state index contributed by atoms with van der Waals surface area (Å²) in [7, 11) is 1.45. The second-order valence-electron chi connectivity index (χ2n) is 9.32. The van der Waals surface area contributed by atoms with Gasteiger partial charge in [0, 0.05) is 57.6 Å². The average molecular weight is 514 g/mol. The number of ether oxygens (including phenoxy) is 1. The first-order valence-electron chi connectivity index (χ1n) is 12.1. The van der Waals surface area contributed by atoms with E-state index >= 15 is 0 Å². The molecule has 1 saturated carbocycles. The third kappa shape index (κ3) is 5.93. The monoisotopic (exact) mass is 513 g/mol. The molecule has 1 unspecified atom stereocenters. The van der Waals surface area contributed by atoms with Crippen molar-refractivity contribution in [1.29, 1.82) is 0 Å². The molecule has 2 fully saturated rings. The average Bonchev–Trinajstić information content (AvgIpc) is 3.53. The number of rotatable bonds is 9. The van der Waals surface area contributed by atoms with Gasteiger partial charge < -0.3 is 15.0 Å². The summed E-state index contributed by atoms with van der Waals surface area (Å²) in [5.41, 5.74) is 0.853. The lowest BCUT2D eigenvalue weighted by molar-refractivity contribution is -0.121. The fraction of sp³-hybridized carbons (Fsp3) is 0.440. The van der Waals surface area contributed by atoms with E-state index in [0.717, 1.165) is 18.7 Å². The van der Waals surface area contributed by atoms with Crippen molar-refractivity contribution in [2.75, 3.05) is 38.2 Å². The van der Waals surface area contributed by atoms with E-state index in [0.29, 0.717) is 48.9 Å². The van der Waals surface area contributed by atoms with Crippen molar-refractivity contribution in [2.45, 2.75) is 31.8 Å². The smallest absolute Gasteiger partial charge is 0.238 e. The van der Waals surface area contributed by atoms with E-state index in [4.69, 9.17) is 21.3 Å². The van der Waals surface area contributed by atoms with E-state index in [1.54, 1.807) is 35.4 Å². The molecule has 36 heavy (non-hydrogen) atoms. The molecule has 0 spiro atoms. The molecular formula is C25H29ClFN7O2. The lowest BCUT2D eigenvalue weighted by atomic mass is 10.1. The van der Waals surface area contributed by atoms with Gasteiger partial charge in [0.15, 0.2) is 11.6 Å². The van der Waals surface area contributed by atoms with E-state index in [1.165, 1.54) is 26.0 Å². The van der Waals surface area contributed by atoms with Gasteiger partial charge in [-0.05, 0) is 36.5 Å². The van der Waals surface area contributed by atoms with Crippen LogP contribution < -0.4 is 15.0 Å². The molecule has 3 heterocycles. The van der Waals surface area contributed by atoms with Gasteiger partial charge in [0.1, 0.15) is 17.3 Å². The van der Waals surface area contributed by atoms with Crippen molar-refractivity contribution in [3.8, 4) is 11.7 Å². The van der Waals surface area contributed by atoms with Gasteiger partial charge in [0.05, 0.1) is 13.2 Å². The molecule has 2 aliphatic rings. The van der Waals surface area contributed by atoms with Crippen molar-refractivity contribution < 1.29 is 13.9 Å². The summed E-state index contributed by atoms with van der Waals surface area (Å²) in [4.78, 5) is 30.3. The number of methoxy groups -OCH3 is 1. The summed E-state index contributed by atoms with van der Waals surface area (Å²) in [5, 5.41) is 3.39. The maximum absolute atomic E-state index is 14.2. The largest absolute Gasteiger partial charge is 0.494 e. The highest BCUT2D eigenvalue weighted by atomic mass is 35.5. The van der Waals surface area contributed by atoms with Gasteiger partial charge in [-0.3, -0.25) is 14.3 Å². The highest BCUT2D eigenvalue weighted by Crippen LogP contribution is 2.28. The number of hydrogen-bond acceptors (Lipinski definition) is 7. The molecule has 3 aromatic rings. The first-order valence-corrected chi connectivity index (χ1v) is 12.5. The Morgan fingerprint density at radius 1 is 1.25 bits per heavy atom. The van der Waals surface area contributed by atoms with Crippen molar-refractivity contribution in [1.82, 2.24) is 29.7 Å². The standard InChI is InChI=1S/C25H29ClFN7O2/c1-36-21-5-4-18(10-20(21)27)14-32-8-9-34(19(15-32)11-24(35)29-13-17-2-3-17)23-12-22(26)30-25(31-23)33-7-6-28-16-33/h4-7,10,12,16-17,19H,2-3,8-9,11,13-15H2,1H3,(H,29,35). The highest BCUT2D eigenvalue weighted by molar-refractivity contribution is 6.29. The Balaban J connectivity index is 1.35. The van der Waals surface area contributed by atoms with Gasteiger partial charge in [-0.1, -0.05) is 17.7 Å².